The number of hydrogen-bond donors (Lipinski definition) is 3. The van der Waals surface area contributed by atoms with Gasteiger partial charge in [-0.2, -0.15) is 0 Å². The first-order chi connectivity index (χ1) is 14.3. The molecule has 0 bridgehead atoms. The Balaban J connectivity index is 2.14. The van der Waals surface area contributed by atoms with E-state index in [0.717, 1.165) is 11.1 Å². The van der Waals surface area contributed by atoms with Gasteiger partial charge in [0.05, 0.1) is 6.04 Å². The number of amides is 1. The van der Waals surface area contributed by atoms with Crippen molar-refractivity contribution in [2.24, 2.45) is 4.99 Å². The fraction of sp³-hybridized carbons (Fsp3) is 0.167. The van der Waals surface area contributed by atoms with Crippen molar-refractivity contribution in [3.05, 3.63) is 95.9 Å². The third-order valence-electron chi connectivity index (χ3n) is 4.39. The summed E-state index contributed by atoms with van der Waals surface area (Å²) in [7, 11) is 0. The third-order valence-corrected chi connectivity index (χ3v) is 4.60. The van der Waals surface area contributed by atoms with Crippen LogP contribution in [0.4, 0.5) is 11.4 Å². The molecule has 0 aliphatic carbocycles. The number of carbonyl (C=O) groups is 1. The molecular formula is C24H27ClN4O. The largest absolute Gasteiger partial charge is 0.399 e. The Kier molecular flexibility index (Phi) is 8.44. The van der Waals surface area contributed by atoms with Crippen LogP contribution >= 0.6 is 11.6 Å². The molecule has 156 valence electrons. The van der Waals surface area contributed by atoms with Gasteiger partial charge in [-0.15, -0.1) is 0 Å². The molecule has 0 spiro atoms. The molecule has 2 aromatic rings. The predicted octanol–water partition coefficient (Wildman–Crippen LogP) is 5.72. The van der Waals surface area contributed by atoms with Crippen LogP contribution in [0.1, 0.15) is 41.4 Å². The molecule has 0 radical (unpaired) electrons. The van der Waals surface area contributed by atoms with E-state index in [4.69, 9.17) is 17.3 Å². The molecule has 0 fully saturated rings. The van der Waals surface area contributed by atoms with Crippen molar-refractivity contribution in [1.82, 2.24) is 5.32 Å². The second-order valence-electron chi connectivity index (χ2n) is 6.72. The zero-order valence-electron chi connectivity index (χ0n) is 17.4. The van der Waals surface area contributed by atoms with E-state index in [-0.39, 0.29) is 11.9 Å². The average molecular weight is 423 g/mol. The summed E-state index contributed by atoms with van der Waals surface area (Å²) in [5.74, 6) is 0.447. The topological polar surface area (TPSA) is 79.5 Å². The molecule has 0 unspecified atom stereocenters. The minimum absolute atomic E-state index is 0.0567. The minimum Gasteiger partial charge on any atom is -0.399 e. The maximum absolute atomic E-state index is 12.7. The fourth-order valence-corrected chi connectivity index (χ4v) is 2.92. The second-order valence-corrected chi connectivity index (χ2v) is 7.11. The molecule has 0 saturated carbocycles. The molecule has 0 heterocycles. The highest BCUT2D eigenvalue weighted by molar-refractivity contribution is 6.68. The number of carbonyl (C=O) groups excluding carboxylic acids is 1. The van der Waals surface area contributed by atoms with Crippen LogP contribution in [0.3, 0.4) is 0 Å². The highest BCUT2D eigenvalue weighted by atomic mass is 35.5. The molecule has 4 N–H and O–H groups in total. The number of rotatable bonds is 8. The Labute approximate surface area is 183 Å². The van der Waals surface area contributed by atoms with E-state index >= 15 is 0 Å². The van der Waals surface area contributed by atoms with Gasteiger partial charge in [0.2, 0.25) is 0 Å². The lowest BCUT2D eigenvalue weighted by Gasteiger charge is -2.17. The standard InChI is InChI=1S/C24H27ClN4O/c1-5-7-11-22(25)29-23(6-2)27-17(4)18-9-8-10-20(14-18)28-24(30)21-15-19(26)13-12-16(21)3/h5-15,17,27H,1,26H2,2-4H3,(H,28,30)/b11-7+,23-6-,29-22+/t17-/m0/s1. The number of anilines is 2. The summed E-state index contributed by atoms with van der Waals surface area (Å²) in [6.45, 7) is 9.38. The van der Waals surface area contributed by atoms with E-state index < -0.39 is 0 Å². The van der Waals surface area contributed by atoms with Gasteiger partial charge in [-0.25, -0.2) is 4.99 Å². The van der Waals surface area contributed by atoms with Crippen molar-refractivity contribution in [3.63, 3.8) is 0 Å². The molecule has 0 aliphatic heterocycles. The van der Waals surface area contributed by atoms with Crippen LogP contribution in [0.5, 0.6) is 0 Å². The van der Waals surface area contributed by atoms with E-state index in [1.807, 2.05) is 57.2 Å². The molecule has 0 aromatic heterocycles. The Morgan fingerprint density at radius 3 is 2.73 bits per heavy atom. The lowest BCUT2D eigenvalue weighted by atomic mass is 10.1. The van der Waals surface area contributed by atoms with E-state index in [0.29, 0.717) is 27.9 Å². The van der Waals surface area contributed by atoms with Gasteiger partial charge in [0.1, 0.15) is 11.0 Å². The zero-order chi connectivity index (χ0) is 22.1. The summed E-state index contributed by atoms with van der Waals surface area (Å²) >= 11 is 6.11. The summed E-state index contributed by atoms with van der Waals surface area (Å²) in [4.78, 5) is 17.0. The number of aliphatic imine (C=N–C) groups is 1. The van der Waals surface area contributed by atoms with Gasteiger partial charge in [0, 0.05) is 16.9 Å². The number of hydrogen-bond acceptors (Lipinski definition) is 4. The maximum Gasteiger partial charge on any atom is 0.256 e. The molecular weight excluding hydrogens is 396 g/mol. The molecule has 30 heavy (non-hydrogen) atoms. The molecule has 2 rings (SSSR count). The van der Waals surface area contributed by atoms with Gasteiger partial charge in [-0.1, -0.05) is 48.5 Å². The SMILES string of the molecule is C=C/C=C/C(Cl)=N\C(=C/C)N[C@@H](C)c1cccc(NC(=O)c2cc(N)ccc2C)c1. The summed E-state index contributed by atoms with van der Waals surface area (Å²) in [5, 5.41) is 6.61. The molecule has 1 atom stereocenters. The summed E-state index contributed by atoms with van der Waals surface area (Å²) in [6, 6.07) is 12.9. The number of nitrogens with zero attached hydrogens (tertiary/aromatic N) is 1. The van der Waals surface area contributed by atoms with Crippen LogP contribution in [0.25, 0.3) is 0 Å². The Bertz CT molecular complexity index is 1010. The molecule has 0 saturated heterocycles. The van der Waals surface area contributed by atoms with Crippen molar-refractivity contribution < 1.29 is 4.79 Å². The van der Waals surface area contributed by atoms with Crippen LogP contribution in [-0.4, -0.2) is 11.1 Å². The van der Waals surface area contributed by atoms with Gasteiger partial charge in [-0.05, 0) is 68.3 Å². The number of nitrogens with one attached hydrogen (secondary N) is 2. The van der Waals surface area contributed by atoms with Crippen molar-refractivity contribution in [2.75, 3.05) is 11.1 Å². The first-order valence-electron chi connectivity index (χ1n) is 9.57. The second kappa shape index (κ2) is 11.0. The summed E-state index contributed by atoms with van der Waals surface area (Å²) in [5.41, 5.74) is 9.49. The number of allylic oxidation sites excluding steroid dienone is 4. The summed E-state index contributed by atoms with van der Waals surface area (Å²) in [6.07, 6.45) is 6.86. The molecule has 2 aromatic carbocycles. The third kappa shape index (κ3) is 6.64. The fourth-order valence-electron chi connectivity index (χ4n) is 2.75. The van der Waals surface area contributed by atoms with Crippen LogP contribution in [0.2, 0.25) is 0 Å². The Morgan fingerprint density at radius 2 is 2.03 bits per heavy atom. The van der Waals surface area contributed by atoms with E-state index in [2.05, 4.69) is 22.2 Å². The monoisotopic (exact) mass is 422 g/mol. The Morgan fingerprint density at radius 1 is 1.27 bits per heavy atom. The first-order valence-corrected chi connectivity index (χ1v) is 9.95. The van der Waals surface area contributed by atoms with Crippen molar-refractivity contribution in [2.45, 2.75) is 26.8 Å². The van der Waals surface area contributed by atoms with E-state index in [9.17, 15) is 4.79 Å². The van der Waals surface area contributed by atoms with Gasteiger partial charge in [0.25, 0.3) is 5.91 Å². The average Bonchev–Trinajstić information content (AvgIpc) is 2.73. The number of nitrogens with two attached hydrogens (primary N) is 1. The minimum atomic E-state index is -0.197. The Hall–Kier alpha value is -3.31. The normalized spacial score (nSPS) is 13.2. The highest BCUT2D eigenvalue weighted by Crippen LogP contribution is 2.21. The quantitative estimate of drug-likeness (QED) is 0.289. The maximum atomic E-state index is 12.7. The smallest absolute Gasteiger partial charge is 0.256 e. The molecule has 5 nitrogen and oxygen atoms in total. The lowest BCUT2D eigenvalue weighted by Crippen LogP contribution is -2.18. The van der Waals surface area contributed by atoms with E-state index in [1.165, 1.54) is 0 Å². The molecule has 6 heteroatoms. The number of nitrogen functional groups attached to an aromatic ring is 1. The van der Waals surface area contributed by atoms with Gasteiger partial charge in [-0.3, -0.25) is 4.79 Å². The summed E-state index contributed by atoms with van der Waals surface area (Å²) < 4.78 is 0. The van der Waals surface area contributed by atoms with E-state index in [1.54, 1.807) is 30.4 Å². The number of benzene rings is 2. The molecule has 0 aliphatic rings. The zero-order valence-corrected chi connectivity index (χ0v) is 18.2. The van der Waals surface area contributed by atoms with Crippen LogP contribution in [0, 0.1) is 6.92 Å². The van der Waals surface area contributed by atoms with Crippen molar-refractivity contribution in [1.29, 1.82) is 0 Å². The number of aryl methyl sites for hydroxylation is 1. The van der Waals surface area contributed by atoms with Crippen LogP contribution < -0.4 is 16.4 Å². The highest BCUT2D eigenvalue weighted by Gasteiger charge is 2.12. The van der Waals surface area contributed by atoms with Crippen LogP contribution in [-0.2, 0) is 0 Å². The van der Waals surface area contributed by atoms with Crippen molar-refractivity contribution in [3.8, 4) is 0 Å². The lowest BCUT2D eigenvalue weighted by molar-refractivity contribution is 0.102. The predicted molar refractivity (Wildman–Crippen MR) is 128 cm³/mol. The van der Waals surface area contributed by atoms with Crippen LogP contribution in [0.15, 0.2) is 84.2 Å². The van der Waals surface area contributed by atoms with Gasteiger partial charge < -0.3 is 16.4 Å². The van der Waals surface area contributed by atoms with Gasteiger partial charge >= 0.3 is 0 Å². The molecule has 1 amide bonds. The first kappa shape index (κ1) is 23.0. The van der Waals surface area contributed by atoms with Gasteiger partial charge in [0.15, 0.2) is 0 Å². The van der Waals surface area contributed by atoms with Crippen molar-refractivity contribution >= 4 is 34.1 Å². The number of halogens is 1.